The maximum Gasteiger partial charge on any atom is 0.238 e. The zero-order chi connectivity index (χ0) is 14.0. The van der Waals surface area contributed by atoms with Crippen molar-refractivity contribution >= 4 is 27.3 Å². The van der Waals surface area contributed by atoms with E-state index in [1.807, 2.05) is 0 Å². The lowest BCUT2D eigenvalue weighted by molar-refractivity contribution is -0.122. The molecular weight excluding hydrogens is 268 g/mol. The van der Waals surface area contributed by atoms with E-state index in [0.717, 1.165) is 0 Å². The Morgan fingerprint density at radius 2 is 2.11 bits per heavy atom. The van der Waals surface area contributed by atoms with E-state index in [9.17, 15) is 13.2 Å². The lowest BCUT2D eigenvalue weighted by atomic mass is 10.1. The molecule has 8 heteroatoms. The van der Waals surface area contributed by atoms with Gasteiger partial charge in [0.1, 0.15) is 0 Å². The number of carbonyl (C=O) groups is 1. The van der Waals surface area contributed by atoms with Crippen LogP contribution in [-0.2, 0) is 14.8 Å². The monoisotopic (exact) mass is 284 g/mol. The highest BCUT2D eigenvalue weighted by atomic mass is 32.2. The van der Waals surface area contributed by atoms with Crippen molar-refractivity contribution in [2.75, 3.05) is 17.6 Å². The molecule has 0 aliphatic carbocycles. The lowest BCUT2D eigenvalue weighted by Gasteiger charge is -2.25. The molecule has 1 atom stereocenters. The van der Waals surface area contributed by atoms with Crippen LogP contribution in [0.2, 0.25) is 0 Å². The summed E-state index contributed by atoms with van der Waals surface area (Å²) in [6.45, 7) is 0.484. The van der Waals surface area contributed by atoms with Crippen LogP contribution in [0, 0.1) is 0 Å². The molecule has 19 heavy (non-hydrogen) atoms. The van der Waals surface area contributed by atoms with Crippen LogP contribution in [0.3, 0.4) is 0 Å². The predicted molar refractivity (Wildman–Crippen MR) is 71.9 cm³/mol. The number of rotatable bonds is 3. The van der Waals surface area contributed by atoms with E-state index >= 15 is 0 Å². The molecule has 1 unspecified atom stereocenters. The smallest absolute Gasteiger partial charge is 0.238 e. The highest BCUT2D eigenvalue weighted by Crippen LogP contribution is 2.24. The van der Waals surface area contributed by atoms with Crippen LogP contribution in [0.1, 0.15) is 12.8 Å². The Bertz CT molecular complexity index is 590. The Labute approximate surface area is 111 Å². The quantitative estimate of drug-likeness (QED) is 0.562. The Balaban J connectivity index is 2.18. The number of benzene rings is 1. The molecule has 1 heterocycles. The first-order valence-electron chi connectivity index (χ1n) is 5.82. The van der Waals surface area contributed by atoms with Gasteiger partial charge in [0.15, 0.2) is 0 Å². The topological polar surface area (TPSA) is 127 Å². The Morgan fingerprint density at radius 3 is 2.68 bits per heavy atom. The van der Waals surface area contributed by atoms with Gasteiger partial charge in [0.2, 0.25) is 15.9 Å². The SMILES string of the molecule is Nc1ccc(S(N)(=O)=O)cc1NC1CCC(=O)NC1. The van der Waals surface area contributed by atoms with Crippen LogP contribution in [0.25, 0.3) is 0 Å². The highest BCUT2D eigenvalue weighted by Gasteiger charge is 2.19. The minimum atomic E-state index is -3.76. The van der Waals surface area contributed by atoms with Crippen molar-refractivity contribution in [3.8, 4) is 0 Å². The molecule has 0 aromatic heterocycles. The van der Waals surface area contributed by atoms with Gasteiger partial charge in [-0.05, 0) is 24.6 Å². The lowest BCUT2D eigenvalue weighted by Crippen LogP contribution is -2.42. The number of sulfonamides is 1. The number of nitrogens with one attached hydrogen (secondary N) is 2. The van der Waals surface area contributed by atoms with Gasteiger partial charge < -0.3 is 16.4 Å². The summed E-state index contributed by atoms with van der Waals surface area (Å²) in [4.78, 5) is 11.1. The van der Waals surface area contributed by atoms with Crippen molar-refractivity contribution in [3.05, 3.63) is 18.2 Å². The number of nitrogen functional groups attached to an aromatic ring is 1. The zero-order valence-electron chi connectivity index (χ0n) is 10.2. The van der Waals surface area contributed by atoms with Gasteiger partial charge in [0.25, 0.3) is 0 Å². The first-order chi connectivity index (χ1) is 8.86. The third kappa shape index (κ3) is 3.36. The Morgan fingerprint density at radius 1 is 1.37 bits per heavy atom. The van der Waals surface area contributed by atoms with Crippen LogP contribution >= 0.6 is 0 Å². The van der Waals surface area contributed by atoms with Crippen molar-refractivity contribution in [2.24, 2.45) is 5.14 Å². The third-order valence-corrected chi connectivity index (χ3v) is 3.89. The highest BCUT2D eigenvalue weighted by molar-refractivity contribution is 7.89. The molecule has 1 aromatic rings. The Hall–Kier alpha value is -1.80. The van der Waals surface area contributed by atoms with E-state index in [2.05, 4.69) is 10.6 Å². The van der Waals surface area contributed by atoms with Crippen molar-refractivity contribution in [1.82, 2.24) is 5.32 Å². The molecule has 1 fully saturated rings. The molecule has 2 rings (SSSR count). The first-order valence-corrected chi connectivity index (χ1v) is 7.36. The summed E-state index contributed by atoms with van der Waals surface area (Å²) in [6, 6.07) is 4.28. The average Bonchev–Trinajstić information content (AvgIpc) is 2.33. The molecular formula is C11H16N4O3S. The molecule has 104 valence electrons. The minimum Gasteiger partial charge on any atom is -0.397 e. The molecule has 7 nitrogen and oxygen atoms in total. The number of carbonyl (C=O) groups excluding carboxylic acids is 1. The van der Waals surface area contributed by atoms with E-state index in [1.165, 1.54) is 18.2 Å². The summed E-state index contributed by atoms with van der Waals surface area (Å²) in [5.74, 6) is 0.0179. The molecule has 6 N–H and O–H groups in total. The van der Waals surface area contributed by atoms with Crippen LogP contribution in [0.15, 0.2) is 23.1 Å². The minimum absolute atomic E-state index is 0.00375. The number of anilines is 2. The van der Waals surface area contributed by atoms with Crippen LogP contribution in [0.4, 0.5) is 11.4 Å². The zero-order valence-corrected chi connectivity index (χ0v) is 11.0. The number of nitrogens with two attached hydrogens (primary N) is 2. The number of hydrogen-bond donors (Lipinski definition) is 4. The van der Waals surface area contributed by atoms with Gasteiger partial charge in [0.05, 0.1) is 16.3 Å². The largest absolute Gasteiger partial charge is 0.397 e. The van der Waals surface area contributed by atoms with E-state index in [1.54, 1.807) is 0 Å². The standard InChI is InChI=1S/C11H16N4O3S/c12-9-3-2-8(19(13,17)18)5-10(9)15-7-1-4-11(16)14-6-7/h2-3,5,7,15H,1,4,6,12H2,(H,14,16)(H2,13,17,18). The van der Waals surface area contributed by atoms with Crippen molar-refractivity contribution in [1.29, 1.82) is 0 Å². The second-order valence-electron chi connectivity index (χ2n) is 4.48. The number of piperidine rings is 1. The summed E-state index contributed by atoms with van der Waals surface area (Å²) in [5, 5.41) is 10.9. The molecule has 0 saturated carbocycles. The van der Waals surface area contributed by atoms with Crippen molar-refractivity contribution in [3.63, 3.8) is 0 Å². The normalized spacial score (nSPS) is 19.8. The third-order valence-electron chi connectivity index (χ3n) is 2.98. The molecule has 1 aliphatic heterocycles. The van der Waals surface area contributed by atoms with Gasteiger partial charge in [-0.2, -0.15) is 0 Å². The number of amides is 1. The molecule has 1 saturated heterocycles. The molecule has 1 amide bonds. The molecule has 0 radical (unpaired) electrons. The fourth-order valence-electron chi connectivity index (χ4n) is 1.91. The van der Waals surface area contributed by atoms with E-state index in [4.69, 9.17) is 10.9 Å². The second kappa shape index (κ2) is 5.06. The van der Waals surface area contributed by atoms with Gasteiger partial charge in [0, 0.05) is 19.0 Å². The summed E-state index contributed by atoms with van der Waals surface area (Å²) in [5.41, 5.74) is 6.73. The second-order valence-corrected chi connectivity index (χ2v) is 6.04. The summed E-state index contributed by atoms with van der Waals surface area (Å²) < 4.78 is 22.6. The Kier molecular flexibility index (Phi) is 3.63. The van der Waals surface area contributed by atoms with Crippen LogP contribution < -0.4 is 21.5 Å². The first kappa shape index (κ1) is 13.6. The van der Waals surface area contributed by atoms with E-state index in [0.29, 0.717) is 30.8 Å². The molecule has 1 aromatic carbocycles. The van der Waals surface area contributed by atoms with Gasteiger partial charge in [-0.3, -0.25) is 4.79 Å². The fourth-order valence-corrected chi connectivity index (χ4v) is 2.45. The maximum atomic E-state index is 11.3. The van der Waals surface area contributed by atoms with Crippen LogP contribution in [-0.4, -0.2) is 26.9 Å². The van der Waals surface area contributed by atoms with Gasteiger partial charge in [-0.1, -0.05) is 0 Å². The van der Waals surface area contributed by atoms with Crippen molar-refractivity contribution in [2.45, 2.75) is 23.8 Å². The van der Waals surface area contributed by atoms with E-state index < -0.39 is 10.0 Å². The fraction of sp³-hybridized carbons (Fsp3) is 0.364. The van der Waals surface area contributed by atoms with E-state index in [-0.39, 0.29) is 16.8 Å². The van der Waals surface area contributed by atoms with Gasteiger partial charge >= 0.3 is 0 Å². The maximum absolute atomic E-state index is 11.3. The summed E-state index contributed by atoms with van der Waals surface area (Å²) >= 11 is 0. The van der Waals surface area contributed by atoms with Crippen molar-refractivity contribution < 1.29 is 13.2 Å². The summed E-state index contributed by atoms with van der Waals surface area (Å²) in [7, 11) is -3.76. The average molecular weight is 284 g/mol. The van der Waals surface area contributed by atoms with Gasteiger partial charge in [-0.25, -0.2) is 13.6 Å². The number of primary sulfonamides is 1. The number of hydrogen-bond acceptors (Lipinski definition) is 5. The molecule has 0 bridgehead atoms. The predicted octanol–water partition coefficient (Wildman–Crippen LogP) is -0.393. The van der Waals surface area contributed by atoms with Gasteiger partial charge in [-0.15, -0.1) is 0 Å². The molecule has 1 aliphatic rings. The van der Waals surface area contributed by atoms with Crippen LogP contribution in [0.5, 0.6) is 0 Å². The summed E-state index contributed by atoms with van der Waals surface area (Å²) in [6.07, 6.45) is 1.11. The molecule has 0 spiro atoms.